The zero-order chi connectivity index (χ0) is 14.1. The molecule has 2 aromatic heterocycles. The SMILES string of the molecule is CCC(C)n1cc(C=O)c(-c2cc3ccccc3s2)n1. The molecule has 1 atom stereocenters. The normalized spacial score (nSPS) is 12.7. The monoisotopic (exact) mass is 284 g/mol. The Labute approximate surface area is 121 Å². The average molecular weight is 284 g/mol. The number of carbonyl (C=O) groups is 1. The summed E-state index contributed by atoms with van der Waals surface area (Å²) in [5.41, 5.74) is 1.46. The first-order valence-corrected chi connectivity index (χ1v) is 7.58. The van der Waals surface area contributed by atoms with Crippen molar-refractivity contribution in [2.75, 3.05) is 0 Å². The van der Waals surface area contributed by atoms with Gasteiger partial charge in [-0.2, -0.15) is 5.10 Å². The summed E-state index contributed by atoms with van der Waals surface area (Å²) >= 11 is 1.68. The van der Waals surface area contributed by atoms with Gasteiger partial charge in [0.05, 0.1) is 10.4 Å². The lowest BCUT2D eigenvalue weighted by molar-refractivity contribution is 0.112. The van der Waals surface area contributed by atoms with Crippen LogP contribution in [0.3, 0.4) is 0 Å². The maximum Gasteiger partial charge on any atom is 0.153 e. The van der Waals surface area contributed by atoms with Crippen LogP contribution in [0.4, 0.5) is 0 Å². The maximum absolute atomic E-state index is 11.3. The number of benzene rings is 1. The average Bonchev–Trinajstić information content (AvgIpc) is 3.09. The third-order valence-electron chi connectivity index (χ3n) is 3.59. The van der Waals surface area contributed by atoms with Gasteiger partial charge in [-0.05, 0) is 30.9 Å². The molecule has 0 aliphatic rings. The second kappa shape index (κ2) is 5.21. The number of fused-ring (bicyclic) bond motifs is 1. The first-order valence-electron chi connectivity index (χ1n) is 6.76. The largest absolute Gasteiger partial charge is 0.298 e. The third kappa shape index (κ3) is 2.16. The molecule has 0 aliphatic carbocycles. The molecule has 0 radical (unpaired) electrons. The molecule has 0 bridgehead atoms. The Morgan fingerprint density at radius 2 is 2.20 bits per heavy atom. The summed E-state index contributed by atoms with van der Waals surface area (Å²) in [6.45, 7) is 4.22. The highest BCUT2D eigenvalue weighted by Gasteiger charge is 2.15. The highest BCUT2D eigenvalue weighted by atomic mass is 32.1. The first-order chi connectivity index (χ1) is 9.72. The molecule has 0 amide bonds. The molecule has 0 aliphatic heterocycles. The number of aromatic nitrogens is 2. The van der Waals surface area contributed by atoms with Gasteiger partial charge in [-0.3, -0.25) is 9.48 Å². The van der Waals surface area contributed by atoms with E-state index in [0.717, 1.165) is 23.3 Å². The summed E-state index contributed by atoms with van der Waals surface area (Å²) < 4.78 is 3.11. The van der Waals surface area contributed by atoms with Crippen molar-refractivity contribution in [2.45, 2.75) is 26.3 Å². The Kier molecular flexibility index (Phi) is 3.40. The van der Waals surface area contributed by atoms with Gasteiger partial charge in [-0.25, -0.2) is 0 Å². The Balaban J connectivity index is 2.12. The van der Waals surface area contributed by atoms with E-state index in [1.165, 1.54) is 10.1 Å². The Morgan fingerprint density at radius 1 is 1.40 bits per heavy atom. The fourth-order valence-electron chi connectivity index (χ4n) is 2.19. The summed E-state index contributed by atoms with van der Waals surface area (Å²) in [4.78, 5) is 12.3. The van der Waals surface area contributed by atoms with Crippen molar-refractivity contribution in [1.29, 1.82) is 0 Å². The molecule has 3 nitrogen and oxygen atoms in total. The van der Waals surface area contributed by atoms with Gasteiger partial charge in [0.1, 0.15) is 5.69 Å². The smallest absolute Gasteiger partial charge is 0.153 e. The van der Waals surface area contributed by atoms with Crippen molar-refractivity contribution in [3.63, 3.8) is 0 Å². The van der Waals surface area contributed by atoms with Crippen LogP contribution in [0.2, 0.25) is 0 Å². The van der Waals surface area contributed by atoms with Crippen LogP contribution in [0.15, 0.2) is 36.5 Å². The molecular weight excluding hydrogens is 268 g/mol. The van der Waals surface area contributed by atoms with Crippen LogP contribution in [0.1, 0.15) is 36.7 Å². The van der Waals surface area contributed by atoms with Gasteiger partial charge < -0.3 is 0 Å². The molecule has 0 saturated carbocycles. The van der Waals surface area contributed by atoms with E-state index < -0.39 is 0 Å². The van der Waals surface area contributed by atoms with Crippen molar-refractivity contribution < 1.29 is 4.79 Å². The topological polar surface area (TPSA) is 34.9 Å². The van der Waals surface area contributed by atoms with E-state index in [1.807, 2.05) is 23.0 Å². The van der Waals surface area contributed by atoms with Crippen molar-refractivity contribution in [2.24, 2.45) is 0 Å². The summed E-state index contributed by atoms with van der Waals surface area (Å²) in [6, 6.07) is 10.6. The van der Waals surface area contributed by atoms with Crippen molar-refractivity contribution in [3.05, 3.63) is 42.1 Å². The molecule has 0 spiro atoms. The van der Waals surface area contributed by atoms with Crippen molar-refractivity contribution in [3.8, 4) is 10.6 Å². The molecule has 0 fully saturated rings. The number of hydrogen-bond acceptors (Lipinski definition) is 3. The number of aldehydes is 1. The maximum atomic E-state index is 11.3. The Morgan fingerprint density at radius 3 is 2.90 bits per heavy atom. The lowest BCUT2D eigenvalue weighted by Crippen LogP contribution is -2.03. The predicted octanol–water partition coefficient (Wildman–Crippen LogP) is 4.55. The number of rotatable bonds is 4. The zero-order valence-electron chi connectivity index (χ0n) is 11.5. The van der Waals surface area contributed by atoms with Gasteiger partial charge >= 0.3 is 0 Å². The first kappa shape index (κ1) is 13.1. The minimum absolute atomic E-state index is 0.303. The van der Waals surface area contributed by atoms with E-state index in [0.29, 0.717) is 11.6 Å². The molecule has 0 saturated heterocycles. The van der Waals surface area contributed by atoms with Crippen LogP contribution in [0, 0.1) is 0 Å². The van der Waals surface area contributed by atoms with Crippen LogP contribution in [0.5, 0.6) is 0 Å². The number of hydrogen-bond donors (Lipinski definition) is 0. The second-order valence-electron chi connectivity index (χ2n) is 4.94. The summed E-state index contributed by atoms with van der Waals surface area (Å²) in [7, 11) is 0. The fourth-order valence-corrected chi connectivity index (χ4v) is 3.26. The number of carbonyl (C=O) groups excluding carboxylic acids is 1. The summed E-state index contributed by atoms with van der Waals surface area (Å²) in [6.07, 6.45) is 3.73. The number of thiophene rings is 1. The van der Waals surface area contributed by atoms with E-state index in [4.69, 9.17) is 0 Å². The molecule has 0 N–H and O–H groups in total. The van der Waals surface area contributed by atoms with Gasteiger partial charge in [-0.15, -0.1) is 11.3 Å². The summed E-state index contributed by atoms with van der Waals surface area (Å²) in [5, 5.41) is 5.81. The second-order valence-corrected chi connectivity index (χ2v) is 6.02. The molecule has 20 heavy (non-hydrogen) atoms. The minimum Gasteiger partial charge on any atom is -0.298 e. The van der Waals surface area contributed by atoms with E-state index in [2.05, 4.69) is 37.1 Å². The van der Waals surface area contributed by atoms with Crippen LogP contribution in [-0.2, 0) is 0 Å². The predicted molar refractivity (Wildman–Crippen MR) is 83.4 cm³/mol. The van der Waals surface area contributed by atoms with Crippen molar-refractivity contribution in [1.82, 2.24) is 9.78 Å². The van der Waals surface area contributed by atoms with Crippen molar-refractivity contribution >= 4 is 27.7 Å². The highest BCUT2D eigenvalue weighted by Crippen LogP contribution is 2.34. The third-order valence-corrected chi connectivity index (χ3v) is 4.71. The van der Waals surface area contributed by atoms with Crippen LogP contribution < -0.4 is 0 Å². The van der Waals surface area contributed by atoms with Gasteiger partial charge in [0.15, 0.2) is 6.29 Å². The highest BCUT2D eigenvalue weighted by molar-refractivity contribution is 7.22. The van der Waals surface area contributed by atoms with E-state index in [1.54, 1.807) is 11.3 Å². The molecule has 102 valence electrons. The molecule has 1 unspecified atom stereocenters. The van der Waals surface area contributed by atoms with E-state index in [9.17, 15) is 4.79 Å². The Hall–Kier alpha value is -1.94. The summed E-state index contributed by atoms with van der Waals surface area (Å²) in [5.74, 6) is 0. The van der Waals surface area contributed by atoms with Gasteiger partial charge in [0, 0.05) is 16.9 Å². The van der Waals surface area contributed by atoms with Crippen LogP contribution >= 0.6 is 11.3 Å². The quantitative estimate of drug-likeness (QED) is 0.659. The zero-order valence-corrected chi connectivity index (χ0v) is 12.4. The van der Waals surface area contributed by atoms with E-state index >= 15 is 0 Å². The van der Waals surface area contributed by atoms with Gasteiger partial charge in [0.2, 0.25) is 0 Å². The van der Waals surface area contributed by atoms with Crippen LogP contribution in [-0.4, -0.2) is 16.1 Å². The lowest BCUT2D eigenvalue weighted by atomic mass is 10.2. The van der Waals surface area contributed by atoms with E-state index in [-0.39, 0.29) is 0 Å². The van der Waals surface area contributed by atoms with Gasteiger partial charge in [0.25, 0.3) is 0 Å². The molecule has 3 aromatic rings. The molecule has 4 heteroatoms. The standard InChI is InChI=1S/C16H16N2OS/c1-3-11(2)18-9-13(10-19)16(17-18)15-8-12-6-4-5-7-14(12)20-15/h4-11H,3H2,1-2H3. The Bertz CT molecular complexity index is 724. The molecular formula is C16H16N2OS. The molecule has 1 aromatic carbocycles. The number of nitrogens with zero attached hydrogens (tertiary/aromatic N) is 2. The molecule has 2 heterocycles. The molecule has 3 rings (SSSR count). The van der Waals surface area contributed by atoms with Crippen LogP contribution in [0.25, 0.3) is 20.7 Å². The van der Waals surface area contributed by atoms with Gasteiger partial charge in [-0.1, -0.05) is 25.1 Å². The minimum atomic E-state index is 0.303. The lowest BCUT2D eigenvalue weighted by Gasteiger charge is -2.07. The fraction of sp³-hybridized carbons (Fsp3) is 0.250.